The molecule has 0 amide bonds. The standard InChI is InChI=1S/C20H34Cl2N6.HI/c1-23-19(24-14-16-13-17(21)18(22)27(16)3)25-15-20(7-11-26(2)12-8-20)28-9-5-4-6-10-28;/h13H,4-12,14-15H2,1-3H3,(H2,23,24,25);1H. The number of likely N-dealkylation sites (tertiary alicyclic amines) is 2. The Kier molecular flexibility index (Phi) is 9.86. The van der Waals surface area contributed by atoms with Crippen molar-refractivity contribution in [2.45, 2.75) is 44.2 Å². The third kappa shape index (κ3) is 6.15. The zero-order valence-electron chi connectivity index (χ0n) is 17.8. The van der Waals surface area contributed by atoms with Crippen molar-refractivity contribution >= 4 is 53.1 Å². The molecule has 1 aromatic heterocycles. The average molecular weight is 557 g/mol. The molecule has 0 saturated carbocycles. The average Bonchev–Trinajstić information content (AvgIpc) is 2.97. The number of hydrogen-bond acceptors (Lipinski definition) is 3. The van der Waals surface area contributed by atoms with Crippen molar-refractivity contribution in [3.63, 3.8) is 0 Å². The Morgan fingerprint density at radius 1 is 1.07 bits per heavy atom. The molecule has 3 heterocycles. The molecular formula is C20H35Cl2IN6. The van der Waals surface area contributed by atoms with E-state index in [4.69, 9.17) is 23.2 Å². The number of nitrogens with one attached hydrogen (secondary N) is 2. The fourth-order valence-corrected chi connectivity index (χ4v) is 4.83. The van der Waals surface area contributed by atoms with Gasteiger partial charge >= 0.3 is 0 Å². The molecule has 0 radical (unpaired) electrons. The van der Waals surface area contributed by atoms with E-state index >= 15 is 0 Å². The van der Waals surface area contributed by atoms with Gasteiger partial charge in [-0.05, 0) is 65.0 Å². The molecule has 9 heteroatoms. The molecule has 0 unspecified atom stereocenters. The molecule has 2 fully saturated rings. The minimum Gasteiger partial charge on any atom is -0.355 e. The van der Waals surface area contributed by atoms with E-state index < -0.39 is 0 Å². The van der Waals surface area contributed by atoms with Crippen molar-refractivity contribution in [3.05, 3.63) is 21.9 Å². The second-order valence-electron chi connectivity index (χ2n) is 8.19. The van der Waals surface area contributed by atoms with Crippen molar-refractivity contribution in [2.75, 3.05) is 46.8 Å². The monoisotopic (exact) mass is 556 g/mol. The normalized spacial score (nSPS) is 20.9. The summed E-state index contributed by atoms with van der Waals surface area (Å²) in [4.78, 5) is 9.61. The summed E-state index contributed by atoms with van der Waals surface area (Å²) in [5.41, 5.74) is 1.25. The van der Waals surface area contributed by atoms with Crippen LogP contribution in [0.3, 0.4) is 0 Å². The van der Waals surface area contributed by atoms with Crippen LogP contribution in [0, 0.1) is 0 Å². The number of aromatic nitrogens is 1. The van der Waals surface area contributed by atoms with Gasteiger partial charge in [0.25, 0.3) is 0 Å². The second-order valence-corrected chi connectivity index (χ2v) is 8.95. The number of nitrogens with zero attached hydrogens (tertiary/aromatic N) is 4. The molecule has 6 nitrogen and oxygen atoms in total. The summed E-state index contributed by atoms with van der Waals surface area (Å²) in [5.74, 6) is 0.823. The van der Waals surface area contributed by atoms with E-state index in [2.05, 4.69) is 32.5 Å². The summed E-state index contributed by atoms with van der Waals surface area (Å²) in [6.07, 6.45) is 6.41. The Morgan fingerprint density at radius 3 is 2.28 bits per heavy atom. The lowest BCUT2D eigenvalue weighted by atomic mass is 9.84. The zero-order chi connectivity index (χ0) is 20.1. The van der Waals surface area contributed by atoms with E-state index in [1.807, 2.05) is 24.7 Å². The van der Waals surface area contributed by atoms with Crippen molar-refractivity contribution < 1.29 is 0 Å². The summed E-state index contributed by atoms with van der Waals surface area (Å²) >= 11 is 12.3. The van der Waals surface area contributed by atoms with Crippen LogP contribution in [0.2, 0.25) is 10.2 Å². The van der Waals surface area contributed by atoms with Crippen LogP contribution in [0.25, 0.3) is 0 Å². The van der Waals surface area contributed by atoms with E-state index in [-0.39, 0.29) is 29.5 Å². The summed E-state index contributed by atoms with van der Waals surface area (Å²) in [6, 6.07) is 1.90. The van der Waals surface area contributed by atoms with Gasteiger partial charge in [0.2, 0.25) is 0 Å². The van der Waals surface area contributed by atoms with E-state index in [1.54, 1.807) is 0 Å². The van der Waals surface area contributed by atoms with Crippen molar-refractivity contribution in [3.8, 4) is 0 Å². The summed E-state index contributed by atoms with van der Waals surface area (Å²) < 4.78 is 1.90. The molecule has 3 rings (SSSR count). The van der Waals surface area contributed by atoms with Crippen LogP contribution >= 0.6 is 47.2 Å². The number of halogens is 3. The number of aliphatic imine (C=N–C) groups is 1. The predicted molar refractivity (Wildman–Crippen MR) is 134 cm³/mol. The molecule has 2 aliphatic heterocycles. The van der Waals surface area contributed by atoms with Gasteiger partial charge in [-0.2, -0.15) is 0 Å². The maximum atomic E-state index is 6.17. The van der Waals surface area contributed by atoms with Gasteiger partial charge in [-0.25, -0.2) is 0 Å². The zero-order valence-corrected chi connectivity index (χ0v) is 21.7. The molecule has 166 valence electrons. The van der Waals surface area contributed by atoms with Crippen LogP contribution in [0.5, 0.6) is 0 Å². The fourth-order valence-electron chi connectivity index (χ4n) is 4.41. The molecule has 29 heavy (non-hydrogen) atoms. The van der Waals surface area contributed by atoms with E-state index in [0.717, 1.165) is 31.3 Å². The van der Waals surface area contributed by atoms with Crippen molar-refractivity contribution in [1.29, 1.82) is 0 Å². The Labute approximate surface area is 202 Å². The molecule has 2 saturated heterocycles. The van der Waals surface area contributed by atoms with Gasteiger partial charge in [0.1, 0.15) is 5.15 Å². The molecule has 2 N–H and O–H groups in total. The van der Waals surface area contributed by atoms with Gasteiger partial charge in [-0.1, -0.05) is 29.6 Å². The summed E-state index contributed by atoms with van der Waals surface area (Å²) in [6.45, 7) is 6.31. The highest BCUT2D eigenvalue weighted by Gasteiger charge is 2.39. The van der Waals surface area contributed by atoms with Gasteiger partial charge in [-0.3, -0.25) is 9.89 Å². The quantitative estimate of drug-likeness (QED) is 0.331. The highest BCUT2D eigenvalue weighted by atomic mass is 127. The number of guanidine groups is 1. The molecular weight excluding hydrogens is 522 g/mol. The Bertz CT molecular complexity index is 679. The van der Waals surface area contributed by atoms with Gasteiger partial charge in [0, 0.05) is 31.9 Å². The minimum atomic E-state index is 0. The maximum absolute atomic E-state index is 6.17. The Hall–Kier alpha value is -0.220. The van der Waals surface area contributed by atoms with E-state index in [0.29, 0.717) is 16.7 Å². The molecule has 1 aromatic rings. The number of rotatable bonds is 5. The van der Waals surface area contributed by atoms with Crippen LogP contribution in [-0.4, -0.2) is 72.7 Å². The molecule has 0 bridgehead atoms. The molecule has 0 spiro atoms. The SMILES string of the molecule is CN=C(NCc1cc(Cl)c(Cl)n1C)NCC1(N2CCCCC2)CCN(C)CC1.I. The summed E-state index contributed by atoms with van der Waals surface area (Å²) in [7, 11) is 5.97. The van der Waals surface area contributed by atoms with E-state index in [9.17, 15) is 0 Å². The number of piperidine rings is 2. The first-order chi connectivity index (χ1) is 13.4. The summed E-state index contributed by atoms with van der Waals surface area (Å²) in [5, 5.41) is 8.16. The lowest BCUT2D eigenvalue weighted by molar-refractivity contribution is 0.0173. The Balaban J connectivity index is 0.00000300. The Morgan fingerprint density at radius 2 is 1.72 bits per heavy atom. The first-order valence-corrected chi connectivity index (χ1v) is 11.1. The highest BCUT2D eigenvalue weighted by Crippen LogP contribution is 2.31. The minimum absolute atomic E-state index is 0. The third-order valence-electron chi connectivity index (χ3n) is 6.41. The third-order valence-corrected chi connectivity index (χ3v) is 7.25. The van der Waals surface area contributed by atoms with E-state index in [1.165, 1.54) is 45.2 Å². The van der Waals surface area contributed by atoms with Crippen LogP contribution in [0.15, 0.2) is 11.1 Å². The lowest BCUT2D eigenvalue weighted by Crippen LogP contribution is -2.62. The first-order valence-electron chi connectivity index (χ1n) is 10.3. The predicted octanol–water partition coefficient (Wildman–Crippen LogP) is 3.57. The smallest absolute Gasteiger partial charge is 0.191 e. The van der Waals surface area contributed by atoms with Gasteiger partial charge < -0.3 is 20.1 Å². The topological polar surface area (TPSA) is 47.8 Å². The first kappa shape index (κ1) is 25.0. The van der Waals surface area contributed by atoms with Gasteiger partial charge in [0.05, 0.1) is 11.6 Å². The van der Waals surface area contributed by atoms with Crippen LogP contribution in [-0.2, 0) is 13.6 Å². The van der Waals surface area contributed by atoms with Gasteiger partial charge in [0.15, 0.2) is 5.96 Å². The molecule has 0 atom stereocenters. The second kappa shape index (κ2) is 11.4. The molecule has 0 aliphatic carbocycles. The van der Waals surface area contributed by atoms with Crippen molar-refractivity contribution in [1.82, 2.24) is 25.0 Å². The van der Waals surface area contributed by atoms with Gasteiger partial charge in [-0.15, -0.1) is 24.0 Å². The van der Waals surface area contributed by atoms with Crippen LogP contribution in [0.1, 0.15) is 37.8 Å². The number of hydrogen-bond donors (Lipinski definition) is 2. The fraction of sp³-hybridized carbons (Fsp3) is 0.750. The van der Waals surface area contributed by atoms with Crippen molar-refractivity contribution in [2.24, 2.45) is 12.0 Å². The van der Waals surface area contributed by atoms with Crippen LogP contribution in [0.4, 0.5) is 0 Å². The molecule has 2 aliphatic rings. The lowest BCUT2D eigenvalue weighted by Gasteiger charge is -2.50. The van der Waals surface area contributed by atoms with Crippen LogP contribution < -0.4 is 10.6 Å². The highest BCUT2D eigenvalue weighted by molar-refractivity contribution is 14.0. The largest absolute Gasteiger partial charge is 0.355 e. The molecule has 0 aromatic carbocycles. The maximum Gasteiger partial charge on any atom is 0.191 e.